The van der Waals surface area contributed by atoms with Gasteiger partial charge in [0.05, 0.1) is 5.56 Å². The topological polar surface area (TPSA) is 107 Å². The molecule has 0 atom stereocenters. The first kappa shape index (κ1) is 20.9. The van der Waals surface area contributed by atoms with Gasteiger partial charge in [0, 0.05) is 27.5 Å². The molecule has 0 saturated heterocycles. The third-order valence-corrected chi connectivity index (χ3v) is 5.22. The van der Waals surface area contributed by atoms with Crippen molar-refractivity contribution in [2.24, 2.45) is 0 Å². The number of hydrogen-bond donors (Lipinski definition) is 1. The normalized spacial score (nSPS) is 11.1. The van der Waals surface area contributed by atoms with Crippen molar-refractivity contribution in [1.29, 1.82) is 0 Å². The van der Waals surface area contributed by atoms with E-state index in [1.54, 1.807) is 66.9 Å². The van der Waals surface area contributed by atoms with Gasteiger partial charge in [-0.15, -0.1) is 5.10 Å². The van der Waals surface area contributed by atoms with E-state index in [9.17, 15) is 9.59 Å². The monoisotopic (exact) mass is 480 g/mol. The predicted molar refractivity (Wildman–Crippen MR) is 123 cm³/mol. The molecule has 9 nitrogen and oxygen atoms in total. The molecule has 0 fully saturated rings. The van der Waals surface area contributed by atoms with Crippen molar-refractivity contribution in [1.82, 2.24) is 24.3 Å². The number of pyridine rings is 1. The summed E-state index contributed by atoms with van der Waals surface area (Å²) in [4.78, 5) is 29.7. The highest BCUT2D eigenvalue weighted by molar-refractivity contribution is 6.31. The first-order valence-electron chi connectivity index (χ1n) is 9.71. The zero-order valence-electron chi connectivity index (χ0n) is 16.8. The van der Waals surface area contributed by atoms with Crippen molar-refractivity contribution < 1.29 is 9.32 Å². The molecule has 0 bridgehead atoms. The van der Waals surface area contributed by atoms with E-state index in [2.05, 4.69) is 20.6 Å². The van der Waals surface area contributed by atoms with Crippen LogP contribution in [0.2, 0.25) is 10.0 Å². The van der Waals surface area contributed by atoms with Crippen LogP contribution in [0.15, 0.2) is 76.2 Å². The molecule has 0 spiro atoms. The van der Waals surface area contributed by atoms with Crippen LogP contribution in [0.4, 0.5) is 5.69 Å². The Labute approximate surface area is 196 Å². The van der Waals surface area contributed by atoms with Gasteiger partial charge >= 0.3 is 5.69 Å². The number of carbonyl (C=O) groups is 1. The van der Waals surface area contributed by atoms with Crippen molar-refractivity contribution in [2.45, 2.75) is 6.54 Å². The fraction of sp³-hybridized carbons (Fsp3) is 0.0455. The minimum atomic E-state index is -0.484. The molecule has 33 heavy (non-hydrogen) atoms. The van der Waals surface area contributed by atoms with Gasteiger partial charge in [0.2, 0.25) is 11.7 Å². The molecule has 164 valence electrons. The van der Waals surface area contributed by atoms with Crippen molar-refractivity contribution in [3.63, 3.8) is 0 Å². The van der Waals surface area contributed by atoms with Crippen LogP contribution in [0.5, 0.6) is 0 Å². The smallest absolute Gasteiger partial charge is 0.333 e. The molecule has 0 aliphatic rings. The van der Waals surface area contributed by atoms with Gasteiger partial charge in [-0.2, -0.15) is 4.98 Å². The summed E-state index contributed by atoms with van der Waals surface area (Å²) in [5.41, 5.74) is 1.45. The summed E-state index contributed by atoms with van der Waals surface area (Å²) in [6.07, 6.45) is 1.55. The number of rotatable bonds is 5. The number of aromatic nitrogens is 5. The van der Waals surface area contributed by atoms with E-state index in [1.807, 2.05) is 0 Å². The Morgan fingerprint density at radius 1 is 1.03 bits per heavy atom. The Balaban J connectivity index is 1.46. The summed E-state index contributed by atoms with van der Waals surface area (Å²) in [6, 6.07) is 17.1. The second-order valence-electron chi connectivity index (χ2n) is 7.05. The van der Waals surface area contributed by atoms with Gasteiger partial charge in [-0.3, -0.25) is 4.79 Å². The molecule has 0 aliphatic carbocycles. The van der Waals surface area contributed by atoms with Gasteiger partial charge in [-0.1, -0.05) is 46.6 Å². The largest absolute Gasteiger partial charge is 0.350 e. The van der Waals surface area contributed by atoms with E-state index in [0.717, 1.165) is 4.68 Å². The summed E-state index contributed by atoms with van der Waals surface area (Å²) in [5.74, 6) is 0.0960. The molecule has 1 N–H and O–H groups in total. The molecule has 2 aromatic carbocycles. The molecule has 5 aromatic rings. The van der Waals surface area contributed by atoms with Crippen molar-refractivity contribution in [3.05, 3.63) is 87.4 Å². The summed E-state index contributed by atoms with van der Waals surface area (Å²) in [6.45, 7) is -0.288. The summed E-state index contributed by atoms with van der Waals surface area (Å²) in [5, 5.41) is 12.0. The minimum Gasteiger partial charge on any atom is -0.333 e. The van der Waals surface area contributed by atoms with Gasteiger partial charge in [0.15, 0.2) is 5.65 Å². The summed E-state index contributed by atoms with van der Waals surface area (Å²) < 4.78 is 7.79. The lowest BCUT2D eigenvalue weighted by Gasteiger charge is -2.04. The van der Waals surface area contributed by atoms with Gasteiger partial charge in [-0.05, 0) is 42.5 Å². The Hall–Kier alpha value is -3.95. The molecule has 0 aliphatic heterocycles. The highest BCUT2D eigenvalue weighted by atomic mass is 35.5. The minimum absolute atomic E-state index is 0.177. The third kappa shape index (κ3) is 4.23. The number of amides is 1. The number of hydrogen-bond acceptors (Lipinski definition) is 6. The standard InChI is InChI=1S/C22H14Cl2N6O3/c23-14-5-1-4-13(10-14)19-26-21(33-28-19)17-8-3-9-29-20(17)27-30(22(29)32)12-18(31)25-16-7-2-6-15(24)11-16/h1-11H,12H2,(H,25,31). The lowest BCUT2D eigenvalue weighted by atomic mass is 10.2. The van der Waals surface area contributed by atoms with E-state index < -0.39 is 11.6 Å². The average Bonchev–Trinajstić information content (AvgIpc) is 3.39. The lowest BCUT2D eigenvalue weighted by Crippen LogP contribution is -2.28. The molecule has 3 aromatic heterocycles. The number of nitrogens with zero attached hydrogens (tertiary/aromatic N) is 5. The number of nitrogens with one attached hydrogen (secondary N) is 1. The zero-order valence-corrected chi connectivity index (χ0v) is 18.3. The van der Waals surface area contributed by atoms with Crippen LogP contribution in [0.25, 0.3) is 28.5 Å². The highest BCUT2D eigenvalue weighted by Gasteiger charge is 2.18. The number of fused-ring (bicyclic) bond motifs is 1. The van der Waals surface area contributed by atoms with Crippen LogP contribution >= 0.6 is 23.2 Å². The molecule has 3 heterocycles. The van der Waals surface area contributed by atoms with Gasteiger partial charge in [0.1, 0.15) is 6.54 Å². The quantitative estimate of drug-likeness (QED) is 0.404. The first-order chi connectivity index (χ1) is 16.0. The Bertz CT molecular complexity index is 1560. The van der Waals surface area contributed by atoms with Crippen molar-refractivity contribution >= 4 is 40.4 Å². The number of halogens is 2. The average molecular weight is 481 g/mol. The maximum atomic E-state index is 12.8. The predicted octanol–water partition coefficient (Wildman–Crippen LogP) is 4.16. The molecule has 5 rings (SSSR count). The maximum Gasteiger partial charge on any atom is 0.350 e. The van der Waals surface area contributed by atoms with Crippen LogP contribution < -0.4 is 11.0 Å². The van der Waals surface area contributed by atoms with Gasteiger partial charge in [0.25, 0.3) is 5.89 Å². The molecule has 0 saturated carbocycles. The van der Waals surface area contributed by atoms with Crippen LogP contribution in [0.1, 0.15) is 0 Å². The van der Waals surface area contributed by atoms with E-state index in [4.69, 9.17) is 27.7 Å². The number of anilines is 1. The second-order valence-corrected chi connectivity index (χ2v) is 7.92. The lowest BCUT2D eigenvalue weighted by molar-refractivity contribution is -0.117. The number of benzene rings is 2. The summed E-state index contributed by atoms with van der Waals surface area (Å²) in [7, 11) is 0. The Morgan fingerprint density at radius 3 is 2.61 bits per heavy atom. The zero-order chi connectivity index (χ0) is 22.9. The molecule has 0 unspecified atom stereocenters. The molecular weight excluding hydrogens is 467 g/mol. The Morgan fingerprint density at radius 2 is 1.82 bits per heavy atom. The third-order valence-electron chi connectivity index (χ3n) is 4.75. The van der Waals surface area contributed by atoms with Gasteiger partial charge < -0.3 is 9.84 Å². The van der Waals surface area contributed by atoms with E-state index in [-0.39, 0.29) is 18.1 Å². The van der Waals surface area contributed by atoms with Crippen LogP contribution in [0, 0.1) is 0 Å². The van der Waals surface area contributed by atoms with E-state index in [1.165, 1.54) is 4.40 Å². The second kappa shape index (κ2) is 8.53. The SMILES string of the molecule is O=C(Cn1nc2c(-c3nc(-c4cccc(Cl)c4)no3)cccn2c1=O)Nc1cccc(Cl)c1. The summed E-state index contributed by atoms with van der Waals surface area (Å²) >= 11 is 12.0. The fourth-order valence-electron chi connectivity index (χ4n) is 3.29. The first-order valence-corrected chi connectivity index (χ1v) is 10.5. The van der Waals surface area contributed by atoms with Gasteiger partial charge in [-0.25, -0.2) is 13.9 Å². The van der Waals surface area contributed by atoms with Crippen molar-refractivity contribution in [3.8, 4) is 22.8 Å². The van der Waals surface area contributed by atoms with Crippen molar-refractivity contribution in [2.75, 3.05) is 5.32 Å². The molecular formula is C22H14Cl2N6O3. The molecule has 0 radical (unpaired) electrons. The maximum absolute atomic E-state index is 12.8. The fourth-order valence-corrected chi connectivity index (χ4v) is 3.67. The van der Waals surface area contributed by atoms with E-state index in [0.29, 0.717) is 32.7 Å². The van der Waals surface area contributed by atoms with Crippen LogP contribution in [-0.2, 0) is 11.3 Å². The highest BCUT2D eigenvalue weighted by Crippen LogP contribution is 2.25. The number of carbonyl (C=O) groups excluding carboxylic acids is 1. The van der Waals surface area contributed by atoms with Crippen LogP contribution in [0.3, 0.4) is 0 Å². The van der Waals surface area contributed by atoms with E-state index >= 15 is 0 Å². The van der Waals surface area contributed by atoms with Crippen LogP contribution in [-0.4, -0.2) is 30.2 Å². The molecule has 11 heteroatoms. The molecule has 1 amide bonds. The Kier molecular flexibility index (Phi) is 5.41.